The van der Waals surface area contributed by atoms with E-state index in [2.05, 4.69) is 16.3 Å². The standard InChI is InChI=1S/C32H44N2O4S/c1-23-9-6-7-13-27(23)29-19-25(14-15-28(29)31(35)33-30(32(36)37)16-18-39-2)20-34-17-8-12-26(34)22-38-21-24-10-4-3-5-11-24/h6-7,9,13-15,19,24,26,30H,3-5,8,10-12,16-18,20-22H2,1-2H3,(H,33,35)(H,36,37)/t26-,30?/m0/s1. The van der Waals surface area contributed by atoms with Gasteiger partial charge >= 0.3 is 5.97 Å². The van der Waals surface area contributed by atoms with E-state index in [0.717, 1.165) is 60.9 Å². The van der Waals surface area contributed by atoms with Crippen molar-refractivity contribution in [2.75, 3.05) is 31.8 Å². The van der Waals surface area contributed by atoms with Crippen LogP contribution in [0.1, 0.15) is 72.9 Å². The van der Waals surface area contributed by atoms with Crippen LogP contribution in [0.3, 0.4) is 0 Å². The molecular formula is C32H44N2O4S. The molecule has 0 spiro atoms. The summed E-state index contributed by atoms with van der Waals surface area (Å²) in [5.74, 6) is 0.0495. The Morgan fingerprint density at radius 1 is 1.05 bits per heavy atom. The van der Waals surface area contributed by atoms with E-state index in [1.54, 1.807) is 11.8 Å². The lowest BCUT2D eigenvalue weighted by molar-refractivity contribution is -0.139. The first-order chi connectivity index (χ1) is 19.0. The third-order valence-electron chi connectivity index (χ3n) is 8.25. The first-order valence-electron chi connectivity index (χ1n) is 14.5. The summed E-state index contributed by atoms with van der Waals surface area (Å²) < 4.78 is 6.22. The van der Waals surface area contributed by atoms with Gasteiger partial charge in [-0.25, -0.2) is 4.79 Å². The molecule has 2 atom stereocenters. The fraction of sp³-hybridized carbons (Fsp3) is 0.562. The summed E-state index contributed by atoms with van der Waals surface area (Å²) in [6.07, 6.45) is 11.3. The van der Waals surface area contributed by atoms with E-state index in [0.29, 0.717) is 23.8 Å². The van der Waals surface area contributed by atoms with Crippen molar-refractivity contribution in [3.05, 3.63) is 59.2 Å². The summed E-state index contributed by atoms with van der Waals surface area (Å²) in [7, 11) is 0. The average Bonchev–Trinajstić information content (AvgIpc) is 3.38. The minimum atomic E-state index is -1.00. The van der Waals surface area contributed by atoms with Crippen molar-refractivity contribution in [1.82, 2.24) is 10.2 Å². The third-order valence-corrected chi connectivity index (χ3v) is 8.90. The maximum absolute atomic E-state index is 13.4. The largest absolute Gasteiger partial charge is 0.480 e. The number of amides is 1. The van der Waals surface area contributed by atoms with E-state index in [1.165, 1.54) is 38.5 Å². The van der Waals surface area contributed by atoms with Gasteiger partial charge in [0.1, 0.15) is 6.04 Å². The molecule has 2 N–H and O–H groups in total. The Bertz CT molecular complexity index is 1100. The van der Waals surface area contributed by atoms with Crippen LogP contribution in [0.2, 0.25) is 0 Å². The smallest absolute Gasteiger partial charge is 0.326 e. The van der Waals surface area contributed by atoms with Crippen molar-refractivity contribution in [3.8, 4) is 11.1 Å². The van der Waals surface area contributed by atoms with E-state index in [4.69, 9.17) is 4.74 Å². The van der Waals surface area contributed by atoms with E-state index in [1.807, 2.05) is 49.6 Å². The first kappa shape index (κ1) is 29.6. The number of carboxylic acid groups (broad SMARTS) is 1. The highest BCUT2D eigenvalue weighted by molar-refractivity contribution is 7.98. The summed E-state index contributed by atoms with van der Waals surface area (Å²) in [5.41, 5.74) is 4.59. The molecule has 39 heavy (non-hydrogen) atoms. The number of aliphatic carboxylic acids is 1. The van der Waals surface area contributed by atoms with Crippen molar-refractivity contribution < 1.29 is 19.4 Å². The normalized spacial score (nSPS) is 19.2. The number of carbonyl (C=O) groups is 2. The van der Waals surface area contributed by atoms with Gasteiger partial charge in [-0.1, -0.05) is 49.6 Å². The molecule has 0 bridgehead atoms. The Labute approximate surface area is 237 Å². The monoisotopic (exact) mass is 552 g/mol. The molecular weight excluding hydrogens is 508 g/mol. The Morgan fingerprint density at radius 3 is 2.59 bits per heavy atom. The van der Waals surface area contributed by atoms with Gasteiger partial charge in [-0.3, -0.25) is 9.69 Å². The number of rotatable bonds is 13. The van der Waals surface area contributed by atoms with Gasteiger partial charge in [0.25, 0.3) is 5.91 Å². The zero-order valence-electron chi connectivity index (χ0n) is 23.5. The molecule has 1 unspecified atom stereocenters. The number of nitrogens with one attached hydrogen (secondary N) is 1. The zero-order valence-corrected chi connectivity index (χ0v) is 24.3. The molecule has 212 valence electrons. The minimum absolute atomic E-state index is 0.344. The highest BCUT2D eigenvalue weighted by atomic mass is 32.2. The summed E-state index contributed by atoms with van der Waals surface area (Å²) in [6, 6.07) is 13.6. The average molecular weight is 553 g/mol. The Hall–Kier alpha value is -2.35. The van der Waals surface area contributed by atoms with Crippen LogP contribution in [0.25, 0.3) is 11.1 Å². The van der Waals surface area contributed by atoms with E-state index in [-0.39, 0.29) is 5.91 Å². The summed E-state index contributed by atoms with van der Waals surface area (Å²) in [6.45, 7) is 5.58. The number of hydrogen-bond acceptors (Lipinski definition) is 5. The van der Waals surface area contributed by atoms with Gasteiger partial charge in [-0.15, -0.1) is 0 Å². The second-order valence-corrected chi connectivity index (χ2v) is 12.1. The summed E-state index contributed by atoms with van der Waals surface area (Å²) in [4.78, 5) is 27.7. The molecule has 1 aliphatic heterocycles. The number of thioether (sulfide) groups is 1. The first-order valence-corrected chi connectivity index (χ1v) is 15.9. The second-order valence-electron chi connectivity index (χ2n) is 11.1. The Morgan fingerprint density at radius 2 is 1.85 bits per heavy atom. The van der Waals surface area contributed by atoms with Crippen LogP contribution in [0.4, 0.5) is 0 Å². The van der Waals surface area contributed by atoms with Crippen LogP contribution >= 0.6 is 11.8 Å². The molecule has 0 radical (unpaired) electrons. The van der Waals surface area contributed by atoms with Crippen molar-refractivity contribution in [3.63, 3.8) is 0 Å². The quantitative estimate of drug-likeness (QED) is 0.310. The van der Waals surface area contributed by atoms with Crippen LogP contribution in [0.15, 0.2) is 42.5 Å². The Kier molecular flexibility index (Phi) is 11.3. The van der Waals surface area contributed by atoms with Crippen molar-refractivity contribution in [1.29, 1.82) is 0 Å². The van der Waals surface area contributed by atoms with Gasteiger partial charge in [0, 0.05) is 24.8 Å². The van der Waals surface area contributed by atoms with Crippen LogP contribution in [-0.4, -0.2) is 65.7 Å². The SMILES string of the molecule is CSCCC(NC(=O)c1ccc(CN2CCC[C@H]2COCC2CCCCC2)cc1-c1ccccc1C)C(=O)O. The maximum Gasteiger partial charge on any atom is 0.326 e. The predicted octanol–water partition coefficient (Wildman–Crippen LogP) is 6.16. The highest BCUT2D eigenvalue weighted by Gasteiger charge is 2.27. The van der Waals surface area contributed by atoms with Crippen LogP contribution < -0.4 is 5.32 Å². The Balaban J connectivity index is 1.49. The third kappa shape index (κ3) is 8.32. The number of benzene rings is 2. The molecule has 6 nitrogen and oxygen atoms in total. The fourth-order valence-corrected chi connectivity index (χ4v) is 6.44. The number of ether oxygens (including phenoxy) is 1. The van der Waals surface area contributed by atoms with Gasteiger partial charge in [0.15, 0.2) is 0 Å². The van der Waals surface area contributed by atoms with Gasteiger partial charge < -0.3 is 15.2 Å². The van der Waals surface area contributed by atoms with E-state index >= 15 is 0 Å². The molecule has 1 aliphatic carbocycles. The zero-order chi connectivity index (χ0) is 27.6. The molecule has 1 amide bonds. The number of likely N-dealkylation sites (tertiary alicyclic amines) is 1. The molecule has 0 aromatic heterocycles. The molecule has 1 heterocycles. The molecule has 2 fully saturated rings. The lowest BCUT2D eigenvalue weighted by Gasteiger charge is -2.27. The fourth-order valence-electron chi connectivity index (χ4n) is 5.97. The predicted molar refractivity (Wildman–Crippen MR) is 159 cm³/mol. The highest BCUT2D eigenvalue weighted by Crippen LogP contribution is 2.30. The van der Waals surface area contributed by atoms with Crippen LogP contribution in [0.5, 0.6) is 0 Å². The van der Waals surface area contributed by atoms with Crippen LogP contribution in [-0.2, 0) is 16.1 Å². The van der Waals surface area contributed by atoms with Gasteiger partial charge in [0.2, 0.25) is 0 Å². The molecule has 7 heteroatoms. The lowest BCUT2D eigenvalue weighted by atomic mass is 9.90. The lowest BCUT2D eigenvalue weighted by Crippen LogP contribution is -2.41. The minimum Gasteiger partial charge on any atom is -0.480 e. The number of carboxylic acids is 1. The second kappa shape index (κ2) is 14.9. The van der Waals surface area contributed by atoms with Gasteiger partial charge in [0.05, 0.1) is 6.61 Å². The van der Waals surface area contributed by atoms with Crippen molar-refractivity contribution in [2.45, 2.75) is 76.9 Å². The molecule has 1 saturated carbocycles. The molecule has 2 aliphatic rings. The van der Waals surface area contributed by atoms with Crippen molar-refractivity contribution >= 4 is 23.6 Å². The number of nitrogens with zero attached hydrogens (tertiary/aromatic N) is 1. The topological polar surface area (TPSA) is 78.9 Å². The van der Waals surface area contributed by atoms with Crippen molar-refractivity contribution in [2.24, 2.45) is 5.92 Å². The van der Waals surface area contributed by atoms with Gasteiger partial charge in [-0.2, -0.15) is 11.8 Å². The summed E-state index contributed by atoms with van der Waals surface area (Å²) in [5, 5.41) is 12.4. The number of aryl methyl sites for hydroxylation is 1. The number of hydrogen-bond donors (Lipinski definition) is 2. The maximum atomic E-state index is 13.4. The molecule has 2 aromatic rings. The molecule has 4 rings (SSSR count). The van der Waals surface area contributed by atoms with Crippen LogP contribution in [0, 0.1) is 12.8 Å². The molecule has 2 aromatic carbocycles. The van der Waals surface area contributed by atoms with E-state index in [9.17, 15) is 14.7 Å². The van der Waals surface area contributed by atoms with Gasteiger partial charge in [-0.05, 0) is 97.9 Å². The van der Waals surface area contributed by atoms with E-state index < -0.39 is 12.0 Å². The molecule has 1 saturated heterocycles. The number of carbonyl (C=O) groups excluding carboxylic acids is 1. The summed E-state index contributed by atoms with van der Waals surface area (Å²) >= 11 is 1.57.